The average Bonchev–Trinajstić information content (AvgIpc) is 3.04. The van der Waals surface area contributed by atoms with Crippen molar-refractivity contribution < 1.29 is 0 Å². The highest BCUT2D eigenvalue weighted by Crippen LogP contribution is 2.27. The standard InChI is InChI=1S/C27H25N3O2/c1-17-8-7-11-21(14-17)30-26(31)25-24(22-15-18(2)12-13-23(22)28(25)4)29(27(30)32)16-20-10-6-5-9-19(20)3/h5-15H,16H2,1-4H3. The molecule has 0 amide bonds. The molecule has 0 spiro atoms. The summed E-state index contributed by atoms with van der Waals surface area (Å²) in [6.07, 6.45) is 0. The van der Waals surface area contributed by atoms with E-state index >= 15 is 0 Å². The maximum atomic E-state index is 13.9. The number of aryl methyl sites for hydroxylation is 4. The van der Waals surface area contributed by atoms with Crippen LogP contribution in [0.25, 0.3) is 27.6 Å². The third kappa shape index (κ3) is 3.01. The van der Waals surface area contributed by atoms with Crippen LogP contribution in [0.3, 0.4) is 0 Å². The molecule has 3 aromatic carbocycles. The maximum absolute atomic E-state index is 13.9. The molecule has 0 unspecified atom stereocenters. The predicted molar refractivity (Wildman–Crippen MR) is 130 cm³/mol. The van der Waals surface area contributed by atoms with Gasteiger partial charge in [0.05, 0.1) is 23.3 Å². The van der Waals surface area contributed by atoms with E-state index in [9.17, 15) is 9.59 Å². The lowest BCUT2D eigenvalue weighted by atomic mass is 10.1. The zero-order chi connectivity index (χ0) is 22.6. The van der Waals surface area contributed by atoms with Gasteiger partial charge in [-0.15, -0.1) is 0 Å². The van der Waals surface area contributed by atoms with Gasteiger partial charge in [0.1, 0.15) is 5.52 Å². The molecular formula is C27H25N3O2. The molecule has 160 valence electrons. The smallest absolute Gasteiger partial charge is 0.336 e. The van der Waals surface area contributed by atoms with Crippen molar-refractivity contribution in [3.8, 4) is 5.69 Å². The second kappa shape index (κ2) is 7.38. The molecule has 5 rings (SSSR count). The molecule has 0 N–H and O–H groups in total. The second-order valence-corrected chi connectivity index (χ2v) is 8.55. The summed E-state index contributed by atoms with van der Waals surface area (Å²) < 4.78 is 4.97. The number of rotatable bonds is 3. The van der Waals surface area contributed by atoms with E-state index in [1.165, 1.54) is 4.57 Å². The van der Waals surface area contributed by atoms with E-state index in [1.807, 2.05) is 93.0 Å². The molecule has 5 nitrogen and oxygen atoms in total. The first-order valence-electron chi connectivity index (χ1n) is 10.7. The summed E-state index contributed by atoms with van der Waals surface area (Å²) in [5, 5.41) is 0.918. The van der Waals surface area contributed by atoms with Crippen molar-refractivity contribution in [3.05, 3.63) is 110 Å². The number of benzene rings is 3. The molecule has 0 aliphatic rings. The fourth-order valence-corrected chi connectivity index (χ4v) is 4.57. The lowest BCUT2D eigenvalue weighted by molar-refractivity contribution is 0.710. The van der Waals surface area contributed by atoms with Crippen molar-refractivity contribution in [1.82, 2.24) is 13.7 Å². The van der Waals surface area contributed by atoms with Crippen LogP contribution in [-0.4, -0.2) is 13.7 Å². The van der Waals surface area contributed by atoms with Crippen molar-refractivity contribution in [2.24, 2.45) is 7.05 Å². The lowest BCUT2D eigenvalue weighted by Gasteiger charge is -2.15. The Hall–Kier alpha value is -3.86. The van der Waals surface area contributed by atoms with Crippen LogP contribution in [0.5, 0.6) is 0 Å². The quantitative estimate of drug-likeness (QED) is 0.425. The summed E-state index contributed by atoms with van der Waals surface area (Å²) in [4.78, 5) is 27.6. The van der Waals surface area contributed by atoms with Gasteiger partial charge < -0.3 is 4.57 Å². The Labute approximate surface area is 185 Å². The van der Waals surface area contributed by atoms with E-state index in [0.717, 1.165) is 33.2 Å². The van der Waals surface area contributed by atoms with Crippen LogP contribution in [0.2, 0.25) is 0 Å². The number of hydrogen-bond donors (Lipinski definition) is 0. The molecule has 32 heavy (non-hydrogen) atoms. The zero-order valence-electron chi connectivity index (χ0n) is 18.7. The van der Waals surface area contributed by atoms with E-state index in [0.29, 0.717) is 23.3 Å². The molecule has 0 atom stereocenters. The first-order chi connectivity index (χ1) is 15.4. The van der Waals surface area contributed by atoms with Gasteiger partial charge in [-0.05, 0) is 61.7 Å². The summed E-state index contributed by atoms with van der Waals surface area (Å²) in [5.41, 5.74) is 6.35. The molecular weight excluding hydrogens is 398 g/mol. The van der Waals surface area contributed by atoms with E-state index in [-0.39, 0.29) is 11.2 Å². The summed E-state index contributed by atoms with van der Waals surface area (Å²) in [7, 11) is 1.89. The van der Waals surface area contributed by atoms with Gasteiger partial charge >= 0.3 is 5.69 Å². The predicted octanol–water partition coefficient (Wildman–Crippen LogP) is 4.62. The Bertz CT molecular complexity index is 1630. The Morgan fingerprint density at radius 1 is 0.781 bits per heavy atom. The largest absolute Gasteiger partial charge is 0.338 e. The van der Waals surface area contributed by atoms with Gasteiger partial charge in [0.15, 0.2) is 0 Å². The highest BCUT2D eigenvalue weighted by molar-refractivity contribution is 6.06. The minimum absolute atomic E-state index is 0.298. The van der Waals surface area contributed by atoms with E-state index in [4.69, 9.17) is 0 Å². The van der Waals surface area contributed by atoms with Crippen LogP contribution in [0, 0.1) is 20.8 Å². The molecule has 0 fully saturated rings. The molecule has 5 heteroatoms. The van der Waals surface area contributed by atoms with Gasteiger partial charge in [0.2, 0.25) is 0 Å². The summed E-state index contributed by atoms with van der Waals surface area (Å²) in [6.45, 7) is 6.41. The number of hydrogen-bond acceptors (Lipinski definition) is 2. The molecule has 0 bridgehead atoms. The van der Waals surface area contributed by atoms with E-state index < -0.39 is 0 Å². The first kappa shape index (κ1) is 20.1. The van der Waals surface area contributed by atoms with Gasteiger partial charge in [0, 0.05) is 12.4 Å². The summed E-state index contributed by atoms with van der Waals surface area (Å²) >= 11 is 0. The lowest BCUT2D eigenvalue weighted by Crippen LogP contribution is -2.39. The molecule has 0 radical (unpaired) electrons. The van der Waals surface area contributed by atoms with Gasteiger partial charge in [-0.1, -0.05) is 48.0 Å². The van der Waals surface area contributed by atoms with Crippen molar-refractivity contribution >= 4 is 21.9 Å². The van der Waals surface area contributed by atoms with Gasteiger partial charge in [-0.25, -0.2) is 9.36 Å². The van der Waals surface area contributed by atoms with Gasteiger partial charge in [-0.3, -0.25) is 9.36 Å². The Kier molecular flexibility index (Phi) is 4.63. The Balaban J connectivity index is 1.97. The zero-order valence-corrected chi connectivity index (χ0v) is 18.7. The third-order valence-corrected chi connectivity index (χ3v) is 6.28. The summed E-state index contributed by atoms with van der Waals surface area (Å²) in [6, 6.07) is 21.7. The van der Waals surface area contributed by atoms with Gasteiger partial charge in [0.25, 0.3) is 5.56 Å². The van der Waals surface area contributed by atoms with Crippen molar-refractivity contribution in [1.29, 1.82) is 0 Å². The van der Waals surface area contributed by atoms with Crippen molar-refractivity contribution in [3.63, 3.8) is 0 Å². The molecule has 5 aromatic rings. The Morgan fingerprint density at radius 2 is 1.53 bits per heavy atom. The van der Waals surface area contributed by atoms with Crippen molar-refractivity contribution in [2.75, 3.05) is 0 Å². The monoisotopic (exact) mass is 423 g/mol. The fourth-order valence-electron chi connectivity index (χ4n) is 4.57. The molecule has 0 aliphatic heterocycles. The molecule has 2 aromatic heterocycles. The fraction of sp³-hybridized carbons (Fsp3) is 0.185. The number of aromatic nitrogens is 3. The highest BCUT2D eigenvalue weighted by Gasteiger charge is 2.21. The maximum Gasteiger partial charge on any atom is 0.336 e. The molecule has 0 saturated heterocycles. The van der Waals surface area contributed by atoms with Crippen LogP contribution < -0.4 is 11.2 Å². The van der Waals surface area contributed by atoms with Crippen LogP contribution in [0.4, 0.5) is 0 Å². The normalized spacial score (nSPS) is 11.5. The van der Waals surface area contributed by atoms with Crippen LogP contribution >= 0.6 is 0 Å². The average molecular weight is 424 g/mol. The minimum Gasteiger partial charge on any atom is -0.338 e. The van der Waals surface area contributed by atoms with Crippen LogP contribution in [-0.2, 0) is 13.6 Å². The Morgan fingerprint density at radius 3 is 2.28 bits per heavy atom. The minimum atomic E-state index is -0.328. The second-order valence-electron chi connectivity index (χ2n) is 8.55. The topological polar surface area (TPSA) is 48.9 Å². The summed E-state index contributed by atoms with van der Waals surface area (Å²) in [5.74, 6) is 0. The van der Waals surface area contributed by atoms with E-state index in [1.54, 1.807) is 4.57 Å². The molecule has 2 heterocycles. The van der Waals surface area contributed by atoms with Crippen LogP contribution in [0.15, 0.2) is 76.3 Å². The highest BCUT2D eigenvalue weighted by atomic mass is 16.2. The van der Waals surface area contributed by atoms with E-state index in [2.05, 4.69) is 6.07 Å². The first-order valence-corrected chi connectivity index (χ1v) is 10.7. The van der Waals surface area contributed by atoms with Crippen LogP contribution in [0.1, 0.15) is 22.3 Å². The number of nitrogens with zero attached hydrogens (tertiary/aromatic N) is 3. The SMILES string of the molecule is Cc1cccc(-n2c(=O)c3c(c4cc(C)ccc4n3C)n(Cc3ccccc3C)c2=O)c1. The van der Waals surface area contributed by atoms with Crippen molar-refractivity contribution in [2.45, 2.75) is 27.3 Å². The third-order valence-electron chi connectivity index (χ3n) is 6.28. The molecule has 0 aliphatic carbocycles. The van der Waals surface area contributed by atoms with Gasteiger partial charge in [-0.2, -0.15) is 0 Å². The number of fused-ring (bicyclic) bond motifs is 3. The molecule has 0 saturated carbocycles.